The van der Waals surface area contributed by atoms with E-state index < -0.39 is 32.7 Å². The average molecular weight is 763 g/mol. The Morgan fingerprint density at radius 2 is 1.32 bits per heavy atom. The number of quaternary nitrogens is 1. The Hall–Kier alpha value is -2.36. The van der Waals surface area contributed by atoms with E-state index in [1.807, 2.05) is 70.6 Å². The molecule has 0 saturated heterocycles. The van der Waals surface area contributed by atoms with Gasteiger partial charge in [0.25, 0.3) is 7.82 Å². The van der Waals surface area contributed by atoms with Gasteiger partial charge in [0.2, 0.25) is 5.91 Å². The van der Waals surface area contributed by atoms with Gasteiger partial charge in [-0.2, -0.15) is 0 Å². The first kappa shape index (κ1) is 50.6. The Morgan fingerprint density at radius 1 is 0.736 bits per heavy atom. The van der Waals surface area contributed by atoms with Crippen LogP contribution in [0, 0.1) is 0 Å². The molecule has 9 nitrogen and oxygen atoms in total. The van der Waals surface area contributed by atoms with E-state index in [9.17, 15) is 24.5 Å². The van der Waals surface area contributed by atoms with Crippen LogP contribution in [0.1, 0.15) is 123 Å². The zero-order valence-electron chi connectivity index (χ0n) is 33.8. The van der Waals surface area contributed by atoms with Crippen LogP contribution in [0.2, 0.25) is 0 Å². The molecule has 0 aromatic heterocycles. The molecule has 10 heteroatoms. The quantitative estimate of drug-likeness (QED) is 0.0196. The van der Waals surface area contributed by atoms with Gasteiger partial charge < -0.3 is 34.0 Å². The Labute approximate surface area is 323 Å². The topological polar surface area (TPSA) is 128 Å². The lowest BCUT2D eigenvalue weighted by atomic mass is 10.1. The van der Waals surface area contributed by atoms with Crippen molar-refractivity contribution in [2.75, 3.05) is 40.9 Å². The van der Waals surface area contributed by atoms with Crippen LogP contribution in [-0.4, -0.2) is 79.8 Å². The standard InChI is InChI=1S/C43H75N2O7P/c1-6-8-10-11-12-13-14-15-19-22-25-28-31-35-42(47)41(39-52-53(49,50)51-38-37-45(3,4)5)44-43(48)36-32-29-26-23-20-17-16-18-21-24-27-30-34-40(46)33-9-7-2/h9-11,16-17,21,23-24,26-27,30-31,33,35,40-42,46-47H,6-8,12-15,18-20,22,25,28-29,32,34,36-39H2,1-5H3,(H-,44,48,49,50)/b11-10-,17-16-,24-21-,26-23-,30-27+,33-9-,35-31+/t40?,41-,42+/m0/s1. The molecule has 53 heavy (non-hydrogen) atoms. The van der Waals surface area contributed by atoms with Gasteiger partial charge in [-0.3, -0.25) is 9.36 Å². The predicted molar refractivity (Wildman–Crippen MR) is 220 cm³/mol. The van der Waals surface area contributed by atoms with Gasteiger partial charge in [-0.1, -0.05) is 131 Å². The number of hydrogen-bond acceptors (Lipinski definition) is 7. The summed E-state index contributed by atoms with van der Waals surface area (Å²) >= 11 is 0. The number of aliphatic hydroxyl groups is 2. The largest absolute Gasteiger partial charge is 0.756 e. The Kier molecular flexibility index (Phi) is 32.6. The molecule has 0 radical (unpaired) electrons. The average Bonchev–Trinajstić information content (AvgIpc) is 3.10. The number of phosphoric ester groups is 1. The molecule has 304 valence electrons. The maximum absolute atomic E-state index is 12.8. The highest BCUT2D eigenvalue weighted by Crippen LogP contribution is 2.38. The van der Waals surface area contributed by atoms with E-state index >= 15 is 0 Å². The number of hydrogen-bond donors (Lipinski definition) is 3. The van der Waals surface area contributed by atoms with Crippen LogP contribution in [0.3, 0.4) is 0 Å². The number of rotatable bonds is 34. The fourth-order valence-electron chi connectivity index (χ4n) is 4.91. The number of allylic oxidation sites excluding steroid dienone is 11. The molecule has 0 fully saturated rings. The van der Waals surface area contributed by atoms with Crippen molar-refractivity contribution in [1.82, 2.24) is 5.32 Å². The number of phosphoric acid groups is 1. The number of aliphatic hydroxyl groups excluding tert-OH is 2. The van der Waals surface area contributed by atoms with Crippen molar-refractivity contribution in [3.8, 4) is 0 Å². The predicted octanol–water partition coefficient (Wildman–Crippen LogP) is 8.97. The molecule has 0 bridgehead atoms. The Balaban J connectivity index is 4.67. The van der Waals surface area contributed by atoms with Crippen LogP contribution in [-0.2, 0) is 18.4 Å². The van der Waals surface area contributed by atoms with Crippen molar-refractivity contribution < 1.29 is 38.0 Å². The molecule has 3 N–H and O–H groups in total. The van der Waals surface area contributed by atoms with Gasteiger partial charge in [-0.15, -0.1) is 0 Å². The molecule has 0 aromatic rings. The van der Waals surface area contributed by atoms with Crippen LogP contribution in [0.5, 0.6) is 0 Å². The molecular formula is C43H75N2O7P. The van der Waals surface area contributed by atoms with Crippen LogP contribution in [0.25, 0.3) is 0 Å². The van der Waals surface area contributed by atoms with Crippen molar-refractivity contribution in [1.29, 1.82) is 0 Å². The zero-order chi connectivity index (χ0) is 39.5. The fourth-order valence-corrected chi connectivity index (χ4v) is 5.64. The molecule has 0 aliphatic carbocycles. The summed E-state index contributed by atoms with van der Waals surface area (Å²) in [6.45, 7) is 4.26. The minimum atomic E-state index is -4.62. The summed E-state index contributed by atoms with van der Waals surface area (Å²) in [6, 6.07) is -0.936. The van der Waals surface area contributed by atoms with Gasteiger partial charge in [0.1, 0.15) is 13.2 Å². The van der Waals surface area contributed by atoms with Gasteiger partial charge in [0, 0.05) is 6.42 Å². The van der Waals surface area contributed by atoms with Gasteiger partial charge in [-0.25, -0.2) is 0 Å². The van der Waals surface area contributed by atoms with Gasteiger partial charge in [0.05, 0.1) is 46.0 Å². The maximum atomic E-state index is 12.8. The summed E-state index contributed by atoms with van der Waals surface area (Å²) in [7, 11) is 1.17. The lowest BCUT2D eigenvalue weighted by Gasteiger charge is -2.29. The number of likely N-dealkylation sites (N-methyl/N-ethyl adjacent to an activating group) is 1. The van der Waals surface area contributed by atoms with Gasteiger partial charge >= 0.3 is 0 Å². The number of amides is 1. The lowest BCUT2D eigenvalue weighted by Crippen LogP contribution is -2.45. The van der Waals surface area contributed by atoms with Crippen molar-refractivity contribution in [3.63, 3.8) is 0 Å². The second kappa shape index (κ2) is 34.2. The highest BCUT2D eigenvalue weighted by atomic mass is 31.2. The van der Waals surface area contributed by atoms with Crippen LogP contribution < -0.4 is 10.2 Å². The Bertz CT molecular complexity index is 1150. The van der Waals surface area contributed by atoms with E-state index in [4.69, 9.17) is 9.05 Å². The smallest absolute Gasteiger partial charge is 0.268 e. The molecule has 1 amide bonds. The number of carbonyl (C=O) groups excluding carboxylic acids is 1. The molecule has 0 rings (SSSR count). The van der Waals surface area contributed by atoms with E-state index in [1.165, 1.54) is 32.1 Å². The van der Waals surface area contributed by atoms with Crippen molar-refractivity contribution >= 4 is 13.7 Å². The van der Waals surface area contributed by atoms with Crippen LogP contribution in [0.4, 0.5) is 0 Å². The third-order valence-electron chi connectivity index (χ3n) is 8.14. The van der Waals surface area contributed by atoms with E-state index in [0.717, 1.165) is 57.8 Å². The molecule has 2 unspecified atom stereocenters. The van der Waals surface area contributed by atoms with Crippen molar-refractivity contribution in [2.45, 2.75) is 141 Å². The highest BCUT2D eigenvalue weighted by molar-refractivity contribution is 7.45. The molecule has 0 spiro atoms. The molecule has 0 aliphatic heterocycles. The zero-order valence-corrected chi connectivity index (χ0v) is 34.7. The molecule has 0 heterocycles. The van der Waals surface area contributed by atoms with Gasteiger partial charge in [0.15, 0.2) is 0 Å². The van der Waals surface area contributed by atoms with Crippen LogP contribution >= 0.6 is 7.82 Å². The van der Waals surface area contributed by atoms with E-state index in [-0.39, 0.29) is 18.9 Å². The van der Waals surface area contributed by atoms with Crippen molar-refractivity contribution in [3.05, 3.63) is 85.1 Å². The number of carbonyl (C=O) groups is 1. The first-order valence-corrected chi connectivity index (χ1v) is 21.5. The number of nitrogens with one attached hydrogen (secondary N) is 1. The van der Waals surface area contributed by atoms with E-state index in [1.54, 1.807) is 6.08 Å². The fraction of sp³-hybridized carbons (Fsp3) is 0.651. The normalized spacial score (nSPS) is 16.0. The molecule has 0 aromatic carbocycles. The summed E-state index contributed by atoms with van der Waals surface area (Å²) in [5, 5.41) is 23.4. The molecule has 0 aliphatic rings. The molecule has 0 saturated carbocycles. The first-order valence-electron chi connectivity index (χ1n) is 20.1. The SMILES string of the molecule is CC/C=C\C(O)C/C=C/C=C\C/C=C\C/C=C\CCCC(=O)N[C@@H](COP(=O)([O-])OCC[N+](C)(C)C)[C@H](O)/C=C/CCCCCCCC/C=C\CCC. The first-order chi connectivity index (χ1) is 25.4. The number of unbranched alkanes of at least 4 members (excludes halogenated alkanes) is 9. The minimum absolute atomic E-state index is 0.0260. The lowest BCUT2D eigenvalue weighted by molar-refractivity contribution is -0.870. The molecule has 4 atom stereocenters. The minimum Gasteiger partial charge on any atom is -0.756 e. The van der Waals surface area contributed by atoms with E-state index in [0.29, 0.717) is 23.9 Å². The third kappa shape index (κ3) is 36.4. The monoisotopic (exact) mass is 763 g/mol. The summed E-state index contributed by atoms with van der Waals surface area (Å²) in [5.74, 6) is -0.278. The number of nitrogens with zero attached hydrogens (tertiary/aromatic N) is 1. The summed E-state index contributed by atoms with van der Waals surface area (Å²) < 4.78 is 23.1. The maximum Gasteiger partial charge on any atom is 0.268 e. The van der Waals surface area contributed by atoms with Crippen molar-refractivity contribution in [2.24, 2.45) is 0 Å². The van der Waals surface area contributed by atoms with E-state index in [2.05, 4.69) is 48.7 Å². The summed E-state index contributed by atoms with van der Waals surface area (Å²) in [6.07, 6.45) is 42.6. The molecular weight excluding hydrogens is 687 g/mol. The summed E-state index contributed by atoms with van der Waals surface area (Å²) in [4.78, 5) is 25.2. The third-order valence-corrected chi connectivity index (χ3v) is 9.10. The second-order valence-electron chi connectivity index (χ2n) is 14.4. The highest BCUT2D eigenvalue weighted by Gasteiger charge is 2.23. The van der Waals surface area contributed by atoms with Gasteiger partial charge in [-0.05, 0) is 70.6 Å². The Morgan fingerprint density at radius 3 is 2.00 bits per heavy atom. The second-order valence-corrected chi connectivity index (χ2v) is 15.9. The summed E-state index contributed by atoms with van der Waals surface area (Å²) in [5.41, 5.74) is 0. The van der Waals surface area contributed by atoms with Crippen LogP contribution in [0.15, 0.2) is 85.1 Å².